The number of carbonyl (C=O) groups excluding carboxylic acids is 1. The Morgan fingerprint density at radius 2 is 1.93 bits per heavy atom. The average Bonchev–Trinajstić information content (AvgIpc) is 3.60. The van der Waals surface area contributed by atoms with Gasteiger partial charge in [0.2, 0.25) is 0 Å². The molecule has 0 aromatic rings. The summed E-state index contributed by atoms with van der Waals surface area (Å²) in [6.45, 7) is 11.6. The topological polar surface area (TPSA) is 73.1 Å². The first-order chi connectivity index (χ1) is 14.2. The van der Waals surface area contributed by atoms with Crippen LogP contribution in [0.15, 0.2) is 11.1 Å². The van der Waals surface area contributed by atoms with Crippen molar-refractivity contribution in [2.75, 3.05) is 18.8 Å². The standard InChI is InChI=1S/C23H32O6S/c1-11(2)21-16(28-21)17-23(29-17,22(13(4)27-22)19(21)26-10-30-6)20(5)8-7-14-15(12(20)3)9-25-18(14)24/h11-13,16-17,19H,7-10H2,1-6H3/t12-,13?,16-,17-,19+,20-,21-,22+,23+/m0/s1. The number of esters is 1. The van der Waals surface area contributed by atoms with Crippen LogP contribution in [-0.2, 0) is 28.5 Å². The van der Waals surface area contributed by atoms with Gasteiger partial charge >= 0.3 is 5.97 Å². The molecule has 0 aromatic heterocycles. The largest absolute Gasteiger partial charge is 0.458 e. The lowest BCUT2D eigenvalue weighted by Gasteiger charge is -2.50. The van der Waals surface area contributed by atoms with Gasteiger partial charge in [0.25, 0.3) is 0 Å². The molecule has 7 heteroatoms. The highest BCUT2D eigenvalue weighted by Gasteiger charge is 2.98. The van der Waals surface area contributed by atoms with E-state index in [1.807, 2.05) is 0 Å². The van der Waals surface area contributed by atoms with Gasteiger partial charge in [0, 0.05) is 11.0 Å². The van der Waals surface area contributed by atoms with E-state index in [9.17, 15) is 4.79 Å². The summed E-state index contributed by atoms with van der Waals surface area (Å²) in [7, 11) is 0. The first-order valence-corrected chi connectivity index (χ1v) is 12.6. The second-order valence-electron chi connectivity index (χ2n) is 10.5. The maximum atomic E-state index is 12.2. The van der Waals surface area contributed by atoms with E-state index in [1.165, 1.54) is 0 Å². The zero-order valence-electron chi connectivity index (χ0n) is 18.7. The van der Waals surface area contributed by atoms with Crippen LogP contribution in [0.3, 0.4) is 0 Å². The number of rotatable bonds is 5. The van der Waals surface area contributed by atoms with Crippen molar-refractivity contribution in [2.24, 2.45) is 17.3 Å². The number of fused-ring (bicyclic) bond motifs is 4. The third kappa shape index (κ3) is 1.93. The minimum Gasteiger partial charge on any atom is -0.458 e. The highest BCUT2D eigenvalue weighted by atomic mass is 32.2. The predicted molar refractivity (Wildman–Crippen MR) is 111 cm³/mol. The Balaban J connectivity index is 1.45. The van der Waals surface area contributed by atoms with Crippen LogP contribution in [0.4, 0.5) is 0 Å². The van der Waals surface area contributed by atoms with E-state index in [4.69, 9.17) is 23.7 Å². The number of epoxide rings is 3. The third-order valence-electron chi connectivity index (χ3n) is 9.42. The Morgan fingerprint density at radius 3 is 2.57 bits per heavy atom. The first-order valence-electron chi connectivity index (χ1n) is 11.3. The summed E-state index contributed by atoms with van der Waals surface area (Å²) in [4.78, 5) is 12.2. The molecule has 2 aliphatic carbocycles. The molecule has 4 heterocycles. The molecule has 0 bridgehead atoms. The lowest BCUT2D eigenvalue weighted by atomic mass is 9.51. The summed E-state index contributed by atoms with van der Waals surface area (Å²) < 4.78 is 31.7. The van der Waals surface area contributed by atoms with Gasteiger partial charge in [-0.25, -0.2) is 4.79 Å². The quantitative estimate of drug-likeness (QED) is 0.372. The van der Waals surface area contributed by atoms with Crippen LogP contribution in [0.25, 0.3) is 0 Å². The highest BCUT2D eigenvalue weighted by molar-refractivity contribution is 7.98. The van der Waals surface area contributed by atoms with E-state index < -0.39 is 11.2 Å². The predicted octanol–water partition coefficient (Wildman–Crippen LogP) is 3.08. The van der Waals surface area contributed by atoms with Crippen LogP contribution in [0, 0.1) is 17.3 Å². The molecule has 0 amide bonds. The maximum Gasteiger partial charge on any atom is 0.334 e. The number of ether oxygens (including phenoxy) is 5. The van der Waals surface area contributed by atoms with E-state index >= 15 is 0 Å². The van der Waals surface area contributed by atoms with Gasteiger partial charge < -0.3 is 23.7 Å². The number of thioether (sulfide) groups is 1. The van der Waals surface area contributed by atoms with Gasteiger partial charge in [0.1, 0.15) is 36.1 Å². The van der Waals surface area contributed by atoms with Crippen molar-refractivity contribution < 1.29 is 28.5 Å². The molecule has 4 fully saturated rings. The lowest BCUT2D eigenvalue weighted by molar-refractivity contribution is -0.136. The fourth-order valence-electron chi connectivity index (χ4n) is 7.56. The fourth-order valence-corrected chi connectivity index (χ4v) is 7.83. The van der Waals surface area contributed by atoms with Crippen LogP contribution in [0.2, 0.25) is 0 Å². The summed E-state index contributed by atoms with van der Waals surface area (Å²) in [5.41, 5.74) is 0.569. The van der Waals surface area contributed by atoms with Crippen LogP contribution in [0.5, 0.6) is 0 Å². The van der Waals surface area contributed by atoms with Gasteiger partial charge in [0.05, 0.1) is 12.0 Å². The van der Waals surface area contributed by atoms with E-state index in [0.717, 1.165) is 24.0 Å². The zero-order chi connectivity index (χ0) is 21.3. The molecule has 4 aliphatic heterocycles. The second kappa shape index (κ2) is 5.84. The molecule has 6 aliphatic rings. The summed E-state index contributed by atoms with van der Waals surface area (Å²) in [5, 5.41) is 0. The molecular weight excluding hydrogens is 404 g/mol. The average molecular weight is 437 g/mol. The van der Waals surface area contributed by atoms with Crippen LogP contribution < -0.4 is 0 Å². The van der Waals surface area contributed by atoms with Gasteiger partial charge in [-0.15, -0.1) is 11.8 Å². The Labute approximate surface area is 182 Å². The minimum atomic E-state index is -0.505. The van der Waals surface area contributed by atoms with Crippen molar-refractivity contribution in [1.29, 1.82) is 0 Å². The van der Waals surface area contributed by atoms with Crippen LogP contribution >= 0.6 is 11.8 Å². The lowest BCUT2D eigenvalue weighted by Crippen LogP contribution is -2.67. The Morgan fingerprint density at radius 1 is 1.20 bits per heavy atom. The Hall–Kier alpha value is -0.600. The van der Waals surface area contributed by atoms with Gasteiger partial charge in [0.15, 0.2) is 5.60 Å². The minimum absolute atomic E-state index is 0.0200. The smallest absolute Gasteiger partial charge is 0.334 e. The van der Waals surface area contributed by atoms with Gasteiger partial charge in [-0.3, -0.25) is 0 Å². The van der Waals surface area contributed by atoms with Crippen LogP contribution in [-0.4, -0.2) is 66.0 Å². The summed E-state index contributed by atoms with van der Waals surface area (Å²) in [6.07, 6.45) is 3.65. The van der Waals surface area contributed by atoms with Gasteiger partial charge in [-0.05, 0) is 43.4 Å². The number of cyclic esters (lactones) is 1. The molecule has 9 atom stereocenters. The van der Waals surface area contributed by atoms with Crippen molar-refractivity contribution >= 4 is 17.7 Å². The van der Waals surface area contributed by atoms with Crippen molar-refractivity contribution in [1.82, 2.24) is 0 Å². The number of hydrogen-bond donors (Lipinski definition) is 0. The van der Waals surface area contributed by atoms with Crippen LogP contribution in [0.1, 0.15) is 47.5 Å². The zero-order valence-corrected chi connectivity index (χ0v) is 19.5. The van der Waals surface area contributed by atoms with Gasteiger partial charge in [-0.2, -0.15) is 0 Å². The third-order valence-corrected chi connectivity index (χ3v) is 9.79. The molecule has 6 nitrogen and oxygen atoms in total. The van der Waals surface area contributed by atoms with Crippen molar-refractivity contribution in [2.45, 2.75) is 88.7 Å². The molecule has 6 rings (SSSR count). The molecule has 0 N–H and O–H groups in total. The van der Waals surface area contributed by atoms with E-state index in [2.05, 4.69) is 40.9 Å². The second-order valence-corrected chi connectivity index (χ2v) is 11.4. The molecule has 0 aromatic carbocycles. The molecule has 1 saturated carbocycles. The molecule has 30 heavy (non-hydrogen) atoms. The van der Waals surface area contributed by atoms with Crippen molar-refractivity contribution in [3.63, 3.8) is 0 Å². The first kappa shape index (κ1) is 20.0. The molecule has 1 unspecified atom stereocenters. The van der Waals surface area contributed by atoms with E-state index in [1.54, 1.807) is 11.8 Å². The van der Waals surface area contributed by atoms with Gasteiger partial charge in [-0.1, -0.05) is 27.7 Å². The molecular formula is C23H32O6S. The maximum absolute atomic E-state index is 12.2. The molecule has 166 valence electrons. The summed E-state index contributed by atoms with van der Waals surface area (Å²) in [5.74, 6) is 0.969. The number of carbonyl (C=O) groups is 1. The van der Waals surface area contributed by atoms with E-state index in [-0.39, 0.29) is 47.3 Å². The molecule has 1 spiro atoms. The van der Waals surface area contributed by atoms with Crippen molar-refractivity contribution in [3.05, 3.63) is 11.1 Å². The highest BCUT2D eigenvalue weighted by Crippen LogP contribution is 2.80. The normalized spacial score (nSPS) is 55.3. The molecule has 0 radical (unpaired) electrons. The Kier molecular flexibility index (Phi) is 3.90. The fraction of sp³-hybridized carbons (Fsp3) is 0.870. The summed E-state index contributed by atoms with van der Waals surface area (Å²) >= 11 is 1.68. The molecule has 3 saturated heterocycles. The summed E-state index contributed by atoms with van der Waals surface area (Å²) in [6, 6.07) is 0. The van der Waals surface area contributed by atoms with Crippen molar-refractivity contribution in [3.8, 4) is 0 Å². The monoisotopic (exact) mass is 436 g/mol. The van der Waals surface area contributed by atoms with E-state index in [0.29, 0.717) is 18.5 Å². The number of hydrogen-bond acceptors (Lipinski definition) is 7. The SMILES string of the molecule is CSCO[C@@H]1[C@@]2(C(C)C)O[C@H]2[C@@H]2O[C@]2([C@@]2(C)CCC3=C(COC3=O)[C@@H]2C)[C@]12OC2C. The Bertz CT molecular complexity index is 857.